The van der Waals surface area contributed by atoms with Crippen molar-refractivity contribution in [2.45, 2.75) is 44.9 Å². The summed E-state index contributed by atoms with van der Waals surface area (Å²) in [7, 11) is 0. The Morgan fingerprint density at radius 1 is 1.26 bits per heavy atom. The minimum Gasteiger partial charge on any atom is -0.482 e. The van der Waals surface area contributed by atoms with Crippen LogP contribution in [0, 0.1) is 11.3 Å². The van der Waals surface area contributed by atoms with Crippen molar-refractivity contribution in [3.05, 3.63) is 35.4 Å². The molecule has 2 N–H and O–H groups in total. The zero-order valence-electron chi connectivity index (χ0n) is 17.0. The van der Waals surface area contributed by atoms with Gasteiger partial charge in [0.2, 0.25) is 5.17 Å². The van der Waals surface area contributed by atoms with Crippen LogP contribution in [0.1, 0.15) is 50.5 Å². The Hall–Kier alpha value is -2.94. The van der Waals surface area contributed by atoms with Crippen LogP contribution in [-0.4, -0.2) is 44.6 Å². The van der Waals surface area contributed by atoms with E-state index < -0.39 is 18.5 Å². The van der Waals surface area contributed by atoms with Gasteiger partial charge >= 0.3 is 5.97 Å². The Morgan fingerprint density at radius 2 is 2.00 bits per heavy atom. The molecule has 4 rings (SSSR count). The fraction of sp³-hybridized carbons (Fsp3) is 0.409. The van der Waals surface area contributed by atoms with Gasteiger partial charge in [-0.25, -0.2) is 4.79 Å². The Bertz CT molecular complexity index is 978. The van der Waals surface area contributed by atoms with Crippen molar-refractivity contribution >= 4 is 45.8 Å². The molecule has 0 saturated heterocycles. The van der Waals surface area contributed by atoms with E-state index in [1.54, 1.807) is 30.3 Å². The molecule has 1 aliphatic carbocycles. The number of amides is 1. The van der Waals surface area contributed by atoms with Crippen LogP contribution < -0.4 is 4.74 Å². The molecule has 1 amide bonds. The number of hydrogen-bond acceptors (Lipinski definition) is 6. The van der Waals surface area contributed by atoms with E-state index >= 15 is 0 Å². The maximum atomic E-state index is 12.5. The summed E-state index contributed by atoms with van der Waals surface area (Å²) in [5, 5.41) is 24.5. The molecule has 0 unspecified atom stereocenters. The van der Waals surface area contributed by atoms with Gasteiger partial charge in [-0.05, 0) is 54.3 Å². The van der Waals surface area contributed by atoms with Crippen molar-refractivity contribution in [2.24, 2.45) is 16.0 Å². The van der Waals surface area contributed by atoms with Crippen LogP contribution in [0.4, 0.5) is 0 Å². The first kappa shape index (κ1) is 21.3. The average Bonchev–Trinajstić information content (AvgIpc) is 3.18. The molecule has 0 atom stereocenters. The molecular weight excluding hydrogens is 416 g/mol. The number of ether oxygens (including phenoxy) is 1. The number of carboxylic acid groups (broad SMARTS) is 1. The second kappa shape index (κ2) is 9.47. The highest BCUT2D eigenvalue weighted by molar-refractivity contribution is 8.26. The Morgan fingerprint density at radius 3 is 2.71 bits per heavy atom. The number of carbonyl (C=O) groups is 2. The number of fused-ring (bicyclic) bond motifs is 1. The molecule has 0 radical (unpaired) electrons. The number of thioether (sulfide) groups is 1. The molecule has 8 nitrogen and oxygen atoms in total. The van der Waals surface area contributed by atoms with Crippen molar-refractivity contribution < 1.29 is 19.4 Å². The van der Waals surface area contributed by atoms with Crippen molar-refractivity contribution in [1.82, 2.24) is 5.01 Å². The number of rotatable bonds is 7. The van der Waals surface area contributed by atoms with Gasteiger partial charge in [-0.3, -0.25) is 10.2 Å². The van der Waals surface area contributed by atoms with E-state index in [1.165, 1.54) is 48.9 Å². The van der Waals surface area contributed by atoms with E-state index in [0.29, 0.717) is 16.5 Å². The van der Waals surface area contributed by atoms with Gasteiger partial charge < -0.3 is 9.84 Å². The first-order valence-corrected chi connectivity index (χ1v) is 11.2. The second-order valence-electron chi connectivity index (χ2n) is 7.81. The van der Waals surface area contributed by atoms with Gasteiger partial charge in [0.1, 0.15) is 10.8 Å². The van der Waals surface area contributed by atoms with E-state index in [9.17, 15) is 9.59 Å². The van der Waals surface area contributed by atoms with Crippen molar-refractivity contribution in [3.8, 4) is 5.75 Å². The standard InChI is InChI=1S/C22H24N4O4S/c23-20-17(12-15-6-9-16(10-7-15)30-13-19(27)28)21(29)24-22-26(20)25-18(31-22)11-8-14-4-2-1-3-5-14/h6-7,9-10,12,14,23H,1-5,8,11,13H2,(H,27,28)/b17-12-,23-20?. The zero-order chi connectivity index (χ0) is 21.8. The van der Waals surface area contributed by atoms with E-state index in [4.69, 9.17) is 15.3 Å². The van der Waals surface area contributed by atoms with Gasteiger partial charge in [0.05, 0.1) is 5.57 Å². The highest BCUT2D eigenvalue weighted by atomic mass is 32.2. The van der Waals surface area contributed by atoms with Crippen molar-refractivity contribution in [3.63, 3.8) is 0 Å². The molecule has 1 fully saturated rings. The van der Waals surface area contributed by atoms with Crippen LogP contribution in [0.3, 0.4) is 0 Å². The maximum absolute atomic E-state index is 12.5. The van der Waals surface area contributed by atoms with Crippen LogP contribution in [-0.2, 0) is 9.59 Å². The first-order valence-electron chi connectivity index (χ1n) is 10.4. The van der Waals surface area contributed by atoms with E-state index in [0.717, 1.165) is 23.8 Å². The third-order valence-electron chi connectivity index (χ3n) is 5.54. The third-order valence-corrected chi connectivity index (χ3v) is 6.51. The summed E-state index contributed by atoms with van der Waals surface area (Å²) >= 11 is 1.38. The lowest BCUT2D eigenvalue weighted by Gasteiger charge is -2.20. The average molecular weight is 441 g/mol. The largest absolute Gasteiger partial charge is 0.482 e. The Labute approximate surface area is 184 Å². The monoisotopic (exact) mass is 440 g/mol. The second-order valence-corrected chi connectivity index (χ2v) is 8.85. The fourth-order valence-electron chi connectivity index (χ4n) is 3.91. The van der Waals surface area contributed by atoms with Crippen molar-refractivity contribution in [1.29, 1.82) is 5.41 Å². The molecule has 0 spiro atoms. The number of aliphatic carboxylic acids is 1. The predicted octanol–water partition coefficient (Wildman–Crippen LogP) is 4.13. The molecule has 0 bridgehead atoms. The highest BCUT2D eigenvalue weighted by Gasteiger charge is 2.35. The fourth-order valence-corrected chi connectivity index (χ4v) is 4.81. The van der Waals surface area contributed by atoms with Gasteiger partial charge in [-0.1, -0.05) is 44.2 Å². The van der Waals surface area contributed by atoms with E-state index in [-0.39, 0.29) is 11.4 Å². The third kappa shape index (κ3) is 5.22. The Kier molecular flexibility index (Phi) is 6.50. The molecule has 2 heterocycles. The smallest absolute Gasteiger partial charge is 0.341 e. The normalized spacial score (nSPS) is 20.5. The van der Waals surface area contributed by atoms with Crippen molar-refractivity contribution in [2.75, 3.05) is 6.61 Å². The molecule has 1 aromatic rings. The number of hydrazone groups is 1. The number of carboxylic acids is 1. The summed E-state index contributed by atoms with van der Waals surface area (Å²) in [5.74, 6) is -0.336. The van der Waals surface area contributed by atoms with Gasteiger partial charge in [-0.2, -0.15) is 15.1 Å². The molecular formula is C22H24N4O4S. The lowest BCUT2D eigenvalue weighted by Crippen LogP contribution is -2.35. The molecule has 0 aromatic heterocycles. The summed E-state index contributed by atoms with van der Waals surface area (Å²) < 4.78 is 5.11. The summed E-state index contributed by atoms with van der Waals surface area (Å²) in [6.45, 7) is -0.422. The SMILES string of the molecule is N=C1/C(=C/c2ccc(OCC(=O)O)cc2)C(=O)N=C2SC(CCC3CCCCC3)=NN12. The van der Waals surface area contributed by atoms with Crippen LogP contribution in [0.25, 0.3) is 6.08 Å². The van der Waals surface area contributed by atoms with Crippen LogP contribution >= 0.6 is 11.8 Å². The molecule has 1 saturated carbocycles. The number of amidine groups is 2. The Balaban J connectivity index is 1.43. The van der Waals surface area contributed by atoms with Crippen LogP contribution in [0.15, 0.2) is 39.9 Å². The topological polar surface area (TPSA) is 115 Å². The minimum absolute atomic E-state index is 0.0152. The van der Waals surface area contributed by atoms with Crippen LogP contribution in [0.2, 0.25) is 0 Å². The maximum Gasteiger partial charge on any atom is 0.341 e. The number of carbonyl (C=O) groups excluding carboxylic acids is 1. The molecule has 2 aliphatic heterocycles. The number of hydrogen-bond donors (Lipinski definition) is 2. The van der Waals surface area contributed by atoms with Gasteiger partial charge in [-0.15, -0.1) is 0 Å². The number of nitrogens with zero attached hydrogens (tertiary/aromatic N) is 3. The number of benzene rings is 1. The van der Waals surface area contributed by atoms with E-state index in [2.05, 4.69) is 10.1 Å². The van der Waals surface area contributed by atoms with Gasteiger partial charge in [0.15, 0.2) is 12.4 Å². The quantitative estimate of drug-likeness (QED) is 0.616. The summed E-state index contributed by atoms with van der Waals surface area (Å²) in [6.07, 6.45) is 10.0. The molecule has 162 valence electrons. The molecule has 31 heavy (non-hydrogen) atoms. The number of aliphatic imine (C=N–C) groups is 1. The van der Waals surface area contributed by atoms with Gasteiger partial charge in [0.25, 0.3) is 5.91 Å². The molecule has 3 aliphatic rings. The summed E-state index contributed by atoms with van der Waals surface area (Å²) in [6, 6.07) is 6.63. The van der Waals surface area contributed by atoms with Crippen LogP contribution in [0.5, 0.6) is 5.75 Å². The van der Waals surface area contributed by atoms with E-state index in [1.807, 2.05) is 0 Å². The lowest BCUT2D eigenvalue weighted by molar-refractivity contribution is -0.139. The number of nitrogens with one attached hydrogen (secondary N) is 1. The minimum atomic E-state index is -1.05. The first-order chi connectivity index (χ1) is 15.0. The highest BCUT2D eigenvalue weighted by Crippen LogP contribution is 2.33. The summed E-state index contributed by atoms with van der Waals surface area (Å²) in [5.41, 5.74) is 0.851. The lowest BCUT2D eigenvalue weighted by atomic mass is 9.86. The van der Waals surface area contributed by atoms with Gasteiger partial charge in [0, 0.05) is 0 Å². The predicted molar refractivity (Wildman–Crippen MR) is 120 cm³/mol. The zero-order valence-corrected chi connectivity index (χ0v) is 17.9. The molecule has 9 heteroatoms. The summed E-state index contributed by atoms with van der Waals surface area (Å²) in [4.78, 5) is 27.3. The molecule has 1 aromatic carbocycles.